The molecule has 416 valence electrons. The maximum absolute atomic E-state index is 15.6. The molecule has 3 aliphatic rings. The van der Waals surface area contributed by atoms with Gasteiger partial charge in [-0.1, -0.05) is 206 Å². The molecule has 3 aliphatic carbocycles. The van der Waals surface area contributed by atoms with E-state index in [1.165, 1.54) is 84.5 Å². The monoisotopic (exact) mass is 1110 g/mol. The molecule has 2 nitrogen and oxygen atoms in total. The van der Waals surface area contributed by atoms with Gasteiger partial charge in [-0.05, 0) is 220 Å². The highest BCUT2D eigenvalue weighted by molar-refractivity contribution is 5.92. The summed E-state index contributed by atoms with van der Waals surface area (Å²) in [6.45, 7) is 17.0. The molecule has 0 saturated carbocycles. The van der Waals surface area contributed by atoms with Crippen molar-refractivity contribution in [3.05, 3.63) is 364 Å². The zero-order chi connectivity index (χ0) is 58.8. The van der Waals surface area contributed by atoms with Gasteiger partial charge in [-0.3, -0.25) is 0 Å². The minimum atomic E-state index is -0.663. The maximum Gasteiger partial charge on any atom is 0.125 e. The lowest BCUT2D eigenvalue weighted by molar-refractivity contribution is 0.627. The first-order chi connectivity index (χ1) is 42.0. The Bertz CT molecular complexity index is 4560. The molecule has 0 heterocycles. The predicted octanol–water partition coefficient (Wildman–Crippen LogP) is 21.8. The van der Waals surface area contributed by atoms with Crippen LogP contribution in [-0.4, -0.2) is 0 Å². The van der Waals surface area contributed by atoms with Crippen molar-refractivity contribution in [2.24, 2.45) is 5.92 Å². The van der Waals surface area contributed by atoms with Crippen LogP contribution in [-0.2, 0) is 10.8 Å². The van der Waals surface area contributed by atoms with Crippen LogP contribution in [0, 0.1) is 45.2 Å². The van der Waals surface area contributed by atoms with Crippen molar-refractivity contribution in [3.63, 3.8) is 0 Å². The van der Waals surface area contributed by atoms with Crippen molar-refractivity contribution in [1.82, 2.24) is 0 Å². The van der Waals surface area contributed by atoms with E-state index in [9.17, 15) is 0 Å². The zero-order valence-electron chi connectivity index (χ0n) is 48.8. The summed E-state index contributed by atoms with van der Waals surface area (Å²) in [5.41, 5.74) is 26.0. The Morgan fingerprint density at radius 2 is 0.860 bits per heavy atom. The predicted molar refractivity (Wildman–Crippen MR) is 355 cm³/mol. The molecule has 11 aromatic carbocycles. The number of aryl methyl sites for hydroxylation is 4. The van der Waals surface area contributed by atoms with Gasteiger partial charge in [-0.25, -0.2) is 8.78 Å². The lowest BCUT2D eigenvalue weighted by Crippen LogP contribution is -2.31. The number of halogens is 2. The first kappa shape index (κ1) is 53.8. The van der Waals surface area contributed by atoms with Crippen molar-refractivity contribution in [1.29, 1.82) is 0 Å². The van der Waals surface area contributed by atoms with Gasteiger partial charge in [0.25, 0.3) is 0 Å². The standard InChI is InChI=1S/C82H64F2N2/c1-7-57-27-35-61(36-28-57)81(77-47-53(3)23-25-55(77)5)75-21-11-9-19-71(75)73-45-43-69(51-79(73)81)85(67-17-13-15-63(83)49-67)65-39-31-59(32-40-65)60-33-41-66(42-34-60)86(68-18-14-16-64(84)50-68)70-44-46-74-72-20-10-12-22-76(72)82(80(74)52-70,62-37-29-58(8-2)30-38-62)78-48-54(4)24-26-56(78)6/h7-29,31-52,58H,1-2,30H2,3-6H3. The van der Waals surface area contributed by atoms with E-state index in [-0.39, 0.29) is 17.6 Å². The van der Waals surface area contributed by atoms with Gasteiger partial charge in [0, 0.05) is 34.1 Å². The Morgan fingerprint density at radius 1 is 0.407 bits per heavy atom. The molecule has 0 aromatic heterocycles. The summed E-state index contributed by atoms with van der Waals surface area (Å²) >= 11 is 0. The summed E-state index contributed by atoms with van der Waals surface area (Å²) in [5, 5.41) is 0. The number of rotatable bonds is 13. The number of nitrogens with zero attached hydrogens (tertiary/aromatic N) is 2. The molecule has 0 aliphatic heterocycles. The molecule has 3 atom stereocenters. The number of benzene rings is 11. The van der Waals surface area contributed by atoms with Gasteiger partial charge in [0.2, 0.25) is 0 Å². The maximum atomic E-state index is 15.6. The van der Waals surface area contributed by atoms with E-state index in [4.69, 9.17) is 0 Å². The van der Waals surface area contributed by atoms with Gasteiger partial charge in [-0.2, -0.15) is 0 Å². The minimum Gasteiger partial charge on any atom is -0.310 e. The normalized spacial score (nSPS) is 17.0. The van der Waals surface area contributed by atoms with Crippen LogP contribution >= 0.6 is 0 Å². The summed E-state index contributed by atoms with van der Waals surface area (Å²) in [6, 6.07) is 84.4. The van der Waals surface area contributed by atoms with Gasteiger partial charge in [0.15, 0.2) is 0 Å². The molecule has 0 amide bonds. The van der Waals surface area contributed by atoms with Crippen LogP contribution in [0.25, 0.3) is 39.5 Å². The van der Waals surface area contributed by atoms with Crippen LogP contribution in [0.5, 0.6) is 0 Å². The fraction of sp³-hybridized carbons (Fsp3) is 0.0976. The molecular weight excluding hydrogens is 1050 g/mol. The van der Waals surface area contributed by atoms with E-state index in [0.717, 1.165) is 62.6 Å². The first-order valence-corrected chi connectivity index (χ1v) is 29.7. The molecule has 0 N–H and O–H groups in total. The van der Waals surface area contributed by atoms with E-state index < -0.39 is 10.8 Å². The topological polar surface area (TPSA) is 6.48 Å². The highest BCUT2D eigenvalue weighted by atomic mass is 19.1. The highest BCUT2D eigenvalue weighted by Crippen LogP contribution is 2.61. The molecule has 3 unspecified atom stereocenters. The molecule has 86 heavy (non-hydrogen) atoms. The van der Waals surface area contributed by atoms with Gasteiger partial charge in [0.05, 0.1) is 10.8 Å². The Kier molecular flexibility index (Phi) is 13.4. The molecule has 0 bridgehead atoms. The molecule has 11 aromatic rings. The Balaban J connectivity index is 0.867. The summed E-state index contributed by atoms with van der Waals surface area (Å²) in [5.74, 6) is -0.369. The Hall–Kier alpha value is -10.2. The third kappa shape index (κ3) is 8.73. The summed E-state index contributed by atoms with van der Waals surface area (Å²) in [4.78, 5) is 4.33. The Morgan fingerprint density at radius 3 is 1.34 bits per heavy atom. The van der Waals surface area contributed by atoms with E-state index in [2.05, 4.69) is 263 Å². The van der Waals surface area contributed by atoms with Gasteiger partial charge in [-0.15, -0.1) is 6.58 Å². The van der Waals surface area contributed by atoms with E-state index in [1.54, 1.807) is 24.3 Å². The lowest BCUT2D eigenvalue weighted by Gasteiger charge is -2.38. The third-order valence-corrected chi connectivity index (χ3v) is 18.3. The molecule has 0 fully saturated rings. The van der Waals surface area contributed by atoms with Crippen molar-refractivity contribution in [2.45, 2.75) is 44.9 Å². The van der Waals surface area contributed by atoms with Crippen molar-refractivity contribution in [2.75, 3.05) is 9.80 Å². The van der Waals surface area contributed by atoms with Gasteiger partial charge >= 0.3 is 0 Å². The lowest BCUT2D eigenvalue weighted by atomic mass is 9.64. The Labute approximate surface area is 504 Å². The third-order valence-electron chi connectivity index (χ3n) is 18.3. The minimum absolute atomic E-state index is 0.258. The summed E-state index contributed by atoms with van der Waals surface area (Å²) < 4.78 is 31.1. The van der Waals surface area contributed by atoms with E-state index in [1.807, 2.05) is 24.3 Å². The second-order valence-electron chi connectivity index (χ2n) is 23.4. The van der Waals surface area contributed by atoms with Crippen LogP contribution in [0.15, 0.2) is 286 Å². The molecule has 0 saturated heterocycles. The quantitative estimate of drug-likeness (QED) is 0.106. The van der Waals surface area contributed by atoms with Gasteiger partial charge < -0.3 is 9.80 Å². The average molecular weight is 1120 g/mol. The summed E-state index contributed by atoms with van der Waals surface area (Å²) in [7, 11) is 0. The fourth-order valence-electron chi connectivity index (χ4n) is 14.3. The first-order valence-electron chi connectivity index (χ1n) is 29.7. The van der Waals surface area contributed by atoms with Crippen LogP contribution in [0.4, 0.5) is 42.9 Å². The molecule has 4 heteroatoms. The molecule has 14 rings (SSSR count). The van der Waals surface area contributed by atoms with Crippen molar-refractivity contribution >= 4 is 40.2 Å². The molecular formula is C82H64F2N2. The van der Waals surface area contributed by atoms with E-state index >= 15 is 8.78 Å². The smallest absolute Gasteiger partial charge is 0.125 e. The van der Waals surface area contributed by atoms with Crippen LogP contribution in [0.2, 0.25) is 0 Å². The van der Waals surface area contributed by atoms with Crippen molar-refractivity contribution < 1.29 is 8.78 Å². The van der Waals surface area contributed by atoms with Crippen LogP contribution < -0.4 is 9.80 Å². The van der Waals surface area contributed by atoms with Crippen LogP contribution in [0.1, 0.15) is 73.2 Å². The molecule has 0 spiro atoms. The number of hydrogen-bond acceptors (Lipinski definition) is 2. The summed E-state index contributed by atoms with van der Waals surface area (Å²) in [6.07, 6.45) is 11.8. The largest absolute Gasteiger partial charge is 0.310 e. The van der Waals surface area contributed by atoms with Crippen molar-refractivity contribution in [3.8, 4) is 33.4 Å². The number of allylic oxidation sites excluding steroid dienone is 5. The number of hydrogen-bond donors (Lipinski definition) is 0. The van der Waals surface area contributed by atoms with E-state index in [0.29, 0.717) is 11.4 Å². The van der Waals surface area contributed by atoms with Gasteiger partial charge in [0.1, 0.15) is 11.6 Å². The number of fused-ring (bicyclic) bond motifs is 6. The highest BCUT2D eigenvalue weighted by Gasteiger charge is 2.49. The SMILES string of the molecule is C=Cc1ccc(C2(c3cc(C)ccc3C)c3ccccc3-c3ccc(N(c4ccc(-c5ccc(N(c6cccc(F)c6)c6ccc7c(c6)C(C6=CCC(C=C)C=C6)(c6cc(C)ccc6C)c6ccccc6-7)cc5)cc4)c4cccc(F)c4)cc32)cc1. The van der Waals surface area contributed by atoms with Crippen LogP contribution in [0.3, 0.4) is 0 Å². The second kappa shape index (κ2) is 21.5. The number of anilines is 6. The fourth-order valence-corrected chi connectivity index (χ4v) is 14.3. The zero-order valence-corrected chi connectivity index (χ0v) is 48.8. The average Bonchev–Trinajstić information content (AvgIpc) is 1.54. The second-order valence-corrected chi connectivity index (χ2v) is 23.4. The molecule has 0 radical (unpaired) electrons.